The third-order valence-corrected chi connectivity index (χ3v) is 6.75. The molecule has 1 saturated carbocycles. The van der Waals surface area contributed by atoms with Crippen LogP contribution in [0.25, 0.3) is 0 Å². The van der Waals surface area contributed by atoms with Gasteiger partial charge in [-0.1, -0.05) is 36.4 Å². The van der Waals surface area contributed by atoms with Gasteiger partial charge in [0.25, 0.3) is 0 Å². The van der Waals surface area contributed by atoms with Gasteiger partial charge >= 0.3 is 6.18 Å². The van der Waals surface area contributed by atoms with Crippen molar-refractivity contribution in [2.75, 3.05) is 11.4 Å². The van der Waals surface area contributed by atoms with E-state index in [0.717, 1.165) is 42.0 Å². The van der Waals surface area contributed by atoms with E-state index in [2.05, 4.69) is 4.90 Å². The fourth-order valence-corrected chi connectivity index (χ4v) is 5.48. The molecule has 3 aliphatic heterocycles. The molecule has 30 heavy (non-hydrogen) atoms. The van der Waals surface area contributed by atoms with Crippen molar-refractivity contribution in [1.82, 2.24) is 4.90 Å². The van der Waals surface area contributed by atoms with Gasteiger partial charge in [0.2, 0.25) is 11.8 Å². The summed E-state index contributed by atoms with van der Waals surface area (Å²) in [6.07, 6.45) is -2.83. The number of carbonyl (C=O) groups excluding carboxylic acids is 2. The molecule has 4 aliphatic rings. The van der Waals surface area contributed by atoms with Crippen LogP contribution in [0.3, 0.4) is 0 Å². The number of benzene rings is 2. The SMILES string of the molecule is O=C1[C@@H]2[C@H]3CCC(CN3Cc3ccccc3)[C@@H]2C(=O)N1c1cccc(C(F)(F)F)c1. The molecule has 3 heterocycles. The Bertz CT molecular complexity index is 991. The first-order valence-electron chi connectivity index (χ1n) is 10.2. The summed E-state index contributed by atoms with van der Waals surface area (Å²) in [5.74, 6) is -1.58. The van der Waals surface area contributed by atoms with E-state index >= 15 is 0 Å². The van der Waals surface area contributed by atoms with Gasteiger partial charge in [-0.15, -0.1) is 0 Å². The van der Waals surface area contributed by atoms with Crippen molar-refractivity contribution in [3.05, 3.63) is 65.7 Å². The molecule has 2 aromatic carbocycles. The van der Waals surface area contributed by atoms with E-state index in [9.17, 15) is 22.8 Å². The van der Waals surface area contributed by atoms with Crippen molar-refractivity contribution >= 4 is 17.5 Å². The maximum atomic E-state index is 13.3. The summed E-state index contributed by atoms with van der Waals surface area (Å²) in [5, 5.41) is 0. The molecule has 2 amide bonds. The van der Waals surface area contributed by atoms with Crippen molar-refractivity contribution in [2.45, 2.75) is 31.6 Å². The van der Waals surface area contributed by atoms with Crippen LogP contribution in [0.2, 0.25) is 0 Å². The molecule has 2 bridgehead atoms. The fraction of sp³-hybridized carbons (Fsp3) is 0.391. The Hall–Kier alpha value is -2.67. The van der Waals surface area contributed by atoms with Crippen LogP contribution in [0.15, 0.2) is 54.6 Å². The number of amides is 2. The van der Waals surface area contributed by atoms with Crippen LogP contribution in [0.4, 0.5) is 18.9 Å². The van der Waals surface area contributed by atoms with Crippen molar-refractivity contribution in [2.24, 2.45) is 17.8 Å². The summed E-state index contributed by atoms with van der Waals surface area (Å²) < 4.78 is 39.4. The van der Waals surface area contributed by atoms with Gasteiger partial charge in [0, 0.05) is 19.1 Å². The zero-order chi connectivity index (χ0) is 21.0. The van der Waals surface area contributed by atoms with Gasteiger partial charge in [0.1, 0.15) is 0 Å². The number of rotatable bonds is 3. The van der Waals surface area contributed by atoms with Crippen molar-refractivity contribution in [3.8, 4) is 0 Å². The summed E-state index contributed by atoms with van der Waals surface area (Å²) in [5.41, 5.74) is 0.306. The average molecular weight is 414 g/mol. The minimum atomic E-state index is -4.53. The molecular weight excluding hydrogens is 393 g/mol. The van der Waals surface area contributed by atoms with Crippen LogP contribution < -0.4 is 4.90 Å². The third kappa shape index (κ3) is 3.03. The van der Waals surface area contributed by atoms with Crippen LogP contribution in [0.1, 0.15) is 24.0 Å². The highest BCUT2D eigenvalue weighted by Gasteiger charge is 2.60. The van der Waals surface area contributed by atoms with Crippen LogP contribution >= 0.6 is 0 Å². The van der Waals surface area contributed by atoms with Gasteiger partial charge in [-0.25, -0.2) is 4.90 Å². The minimum absolute atomic E-state index is 0.0169. The van der Waals surface area contributed by atoms with Crippen molar-refractivity contribution in [1.29, 1.82) is 0 Å². The molecule has 4 fully saturated rings. The Morgan fingerprint density at radius 2 is 1.63 bits per heavy atom. The highest BCUT2D eigenvalue weighted by atomic mass is 19.4. The standard InChI is InChI=1S/C23H21F3N2O2/c24-23(25,26)16-7-4-8-17(11-16)28-21(29)19-15-9-10-18(20(19)22(28)30)27(13-15)12-14-5-2-1-3-6-14/h1-8,11,15,18-20H,9-10,12-13H2/t15?,18-,19+,20-/m1/s1. The zero-order valence-electron chi connectivity index (χ0n) is 16.2. The van der Waals surface area contributed by atoms with E-state index in [4.69, 9.17) is 0 Å². The maximum absolute atomic E-state index is 13.3. The van der Waals surface area contributed by atoms with Gasteiger partial charge in [0.05, 0.1) is 23.1 Å². The monoisotopic (exact) mass is 414 g/mol. The molecule has 7 heteroatoms. The van der Waals surface area contributed by atoms with E-state index < -0.39 is 23.6 Å². The van der Waals surface area contributed by atoms with Crippen LogP contribution in [-0.2, 0) is 22.3 Å². The molecule has 0 aromatic heterocycles. The van der Waals surface area contributed by atoms with Crippen molar-refractivity contribution < 1.29 is 22.8 Å². The second-order valence-electron chi connectivity index (χ2n) is 8.43. The maximum Gasteiger partial charge on any atom is 0.416 e. The topological polar surface area (TPSA) is 40.6 Å². The smallest absolute Gasteiger partial charge is 0.295 e. The molecule has 1 aliphatic carbocycles. The van der Waals surface area contributed by atoms with Gasteiger partial charge < -0.3 is 0 Å². The molecule has 1 unspecified atom stereocenters. The fourth-order valence-electron chi connectivity index (χ4n) is 5.48. The van der Waals surface area contributed by atoms with E-state index in [1.165, 1.54) is 12.1 Å². The van der Waals surface area contributed by atoms with E-state index in [1.807, 2.05) is 30.3 Å². The van der Waals surface area contributed by atoms with Gasteiger partial charge in [0.15, 0.2) is 0 Å². The Labute approximate surface area is 172 Å². The highest BCUT2D eigenvalue weighted by molar-refractivity contribution is 6.22. The molecule has 0 N–H and O–H groups in total. The Balaban J connectivity index is 1.45. The number of nitrogens with zero attached hydrogens (tertiary/aromatic N) is 2. The Morgan fingerprint density at radius 3 is 2.37 bits per heavy atom. The number of hydrogen-bond donors (Lipinski definition) is 0. The van der Waals surface area contributed by atoms with Crippen molar-refractivity contribution in [3.63, 3.8) is 0 Å². The lowest BCUT2D eigenvalue weighted by Crippen LogP contribution is -2.58. The predicted molar refractivity (Wildman–Crippen MR) is 104 cm³/mol. The Morgan fingerprint density at radius 1 is 0.900 bits per heavy atom. The number of alkyl halides is 3. The lowest BCUT2D eigenvalue weighted by molar-refractivity contribution is -0.137. The van der Waals surface area contributed by atoms with Crippen LogP contribution in [0, 0.1) is 17.8 Å². The summed E-state index contributed by atoms with van der Waals surface area (Å²) >= 11 is 0. The number of carbonyl (C=O) groups is 2. The van der Waals surface area contributed by atoms with E-state index in [1.54, 1.807) is 0 Å². The molecule has 3 saturated heterocycles. The number of piperidine rings is 2. The quantitative estimate of drug-likeness (QED) is 0.710. The minimum Gasteiger partial charge on any atom is -0.295 e. The molecule has 4 atom stereocenters. The molecule has 2 aromatic rings. The normalized spacial score (nSPS) is 28.8. The van der Waals surface area contributed by atoms with Crippen LogP contribution in [0.5, 0.6) is 0 Å². The van der Waals surface area contributed by atoms with Gasteiger partial charge in [-0.3, -0.25) is 14.5 Å². The first kappa shape index (κ1) is 19.3. The summed E-state index contributed by atoms with van der Waals surface area (Å²) in [7, 11) is 0. The molecule has 4 nitrogen and oxygen atoms in total. The first-order valence-corrected chi connectivity index (χ1v) is 10.2. The lowest BCUT2D eigenvalue weighted by Gasteiger charge is -2.50. The molecular formula is C23H21F3N2O2. The number of fused-ring (bicyclic) bond motifs is 2. The predicted octanol–water partition coefficient (Wildman–Crippen LogP) is 4.11. The van der Waals surface area contributed by atoms with Gasteiger partial charge in [-0.05, 0) is 42.5 Å². The summed E-state index contributed by atoms with van der Waals surface area (Å²) in [4.78, 5) is 29.7. The second kappa shape index (κ2) is 6.94. The third-order valence-electron chi connectivity index (χ3n) is 6.75. The first-order chi connectivity index (χ1) is 14.3. The summed E-state index contributed by atoms with van der Waals surface area (Å²) in [6, 6.07) is 14.4. The summed E-state index contributed by atoms with van der Waals surface area (Å²) in [6.45, 7) is 1.44. The average Bonchev–Trinajstić information content (AvgIpc) is 3.01. The lowest BCUT2D eigenvalue weighted by atomic mass is 9.66. The van der Waals surface area contributed by atoms with Crippen LogP contribution in [-0.4, -0.2) is 29.3 Å². The number of halogens is 3. The molecule has 6 rings (SSSR count). The molecule has 0 radical (unpaired) electrons. The largest absolute Gasteiger partial charge is 0.416 e. The van der Waals surface area contributed by atoms with Gasteiger partial charge in [-0.2, -0.15) is 13.2 Å². The Kier molecular flexibility index (Phi) is 4.47. The number of imide groups is 1. The number of anilines is 1. The second-order valence-corrected chi connectivity index (χ2v) is 8.43. The van der Waals surface area contributed by atoms with E-state index in [-0.39, 0.29) is 29.5 Å². The van der Waals surface area contributed by atoms with E-state index in [0.29, 0.717) is 6.54 Å². The zero-order valence-corrected chi connectivity index (χ0v) is 16.2. The number of hydrogen-bond acceptors (Lipinski definition) is 3. The molecule has 0 spiro atoms. The molecule has 156 valence electrons. The highest BCUT2D eigenvalue weighted by Crippen LogP contribution is 2.49.